The number of allylic oxidation sites excluding steroid dienone is 1. The molecule has 5 heteroatoms. The summed E-state index contributed by atoms with van der Waals surface area (Å²) >= 11 is 0. The molecule has 2 unspecified atom stereocenters. The average molecular weight is 333 g/mol. The number of hydrogen-bond donors (Lipinski definition) is 1. The van der Waals surface area contributed by atoms with Gasteiger partial charge in [-0.1, -0.05) is 24.3 Å². The largest absolute Gasteiger partial charge is 0.357 e. The first-order valence-corrected chi connectivity index (χ1v) is 8.45. The lowest BCUT2D eigenvalue weighted by Gasteiger charge is -2.35. The maximum absolute atomic E-state index is 12.8. The van der Waals surface area contributed by atoms with Crippen LogP contribution in [0.1, 0.15) is 31.4 Å². The fourth-order valence-corrected chi connectivity index (χ4v) is 3.80. The van der Waals surface area contributed by atoms with Gasteiger partial charge in [0.2, 0.25) is 5.91 Å². The van der Waals surface area contributed by atoms with Crippen LogP contribution in [0.15, 0.2) is 60.6 Å². The van der Waals surface area contributed by atoms with Crippen molar-refractivity contribution in [3.8, 4) is 0 Å². The first-order valence-electron chi connectivity index (χ1n) is 8.45. The summed E-state index contributed by atoms with van der Waals surface area (Å²) in [6.45, 7) is 1.54. The zero-order valence-corrected chi connectivity index (χ0v) is 14.0. The molecule has 0 spiro atoms. The highest BCUT2D eigenvalue weighted by molar-refractivity contribution is 6.00. The molecule has 2 heterocycles. The predicted molar refractivity (Wildman–Crippen MR) is 96.0 cm³/mol. The normalized spacial score (nSPS) is 22.2. The van der Waals surface area contributed by atoms with Crippen molar-refractivity contribution in [1.29, 1.82) is 0 Å². The second-order valence-electron chi connectivity index (χ2n) is 6.40. The lowest BCUT2D eigenvalue weighted by atomic mass is 9.81. The summed E-state index contributed by atoms with van der Waals surface area (Å²) in [6.07, 6.45) is 6.74. The smallest absolute Gasteiger partial charge is 0.224 e. The summed E-state index contributed by atoms with van der Waals surface area (Å²) < 4.78 is 0. The standard InChI is InChI=1S/C20H19N3O2/c1-13(24)23-17-9-3-2-7-15(17)22-16-8-4-10-18(25)19(16)20(23)14-6-5-11-21-12-14/h2-3,5-9,11-12,19-20,22H,4,10H2,1H3. The second-order valence-corrected chi connectivity index (χ2v) is 6.40. The van der Waals surface area contributed by atoms with Crippen molar-refractivity contribution < 1.29 is 9.59 Å². The van der Waals surface area contributed by atoms with E-state index in [2.05, 4.69) is 16.4 Å². The minimum atomic E-state index is -0.408. The Morgan fingerprint density at radius 1 is 1.24 bits per heavy atom. The van der Waals surface area contributed by atoms with Crippen LogP contribution in [-0.4, -0.2) is 16.7 Å². The third-order valence-corrected chi connectivity index (χ3v) is 4.84. The van der Waals surface area contributed by atoms with E-state index in [-0.39, 0.29) is 11.7 Å². The van der Waals surface area contributed by atoms with Crippen LogP contribution in [0.25, 0.3) is 0 Å². The Balaban J connectivity index is 1.98. The Bertz CT molecular complexity index is 860. The SMILES string of the molecule is CC(=O)N1c2ccccc2NC2=CCCC(=O)C2C1c1cccnc1. The molecular weight excluding hydrogens is 314 g/mol. The van der Waals surface area contributed by atoms with E-state index in [1.807, 2.05) is 36.4 Å². The van der Waals surface area contributed by atoms with Gasteiger partial charge in [-0.2, -0.15) is 0 Å². The Kier molecular flexibility index (Phi) is 3.84. The molecule has 1 aliphatic heterocycles. The zero-order valence-electron chi connectivity index (χ0n) is 14.0. The minimum Gasteiger partial charge on any atom is -0.357 e. The third-order valence-electron chi connectivity index (χ3n) is 4.84. The van der Waals surface area contributed by atoms with Gasteiger partial charge in [-0.05, 0) is 30.2 Å². The molecule has 0 radical (unpaired) electrons. The van der Waals surface area contributed by atoms with Crippen molar-refractivity contribution in [3.63, 3.8) is 0 Å². The summed E-state index contributed by atoms with van der Waals surface area (Å²) in [7, 11) is 0. The topological polar surface area (TPSA) is 62.3 Å². The van der Waals surface area contributed by atoms with Crippen molar-refractivity contribution in [2.75, 3.05) is 10.2 Å². The van der Waals surface area contributed by atoms with Crippen molar-refractivity contribution >= 4 is 23.1 Å². The number of amides is 1. The molecule has 25 heavy (non-hydrogen) atoms. The molecule has 0 fully saturated rings. The maximum atomic E-state index is 12.8. The van der Waals surface area contributed by atoms with Crippen LogP contribution >= 0.6 is 0 Å². The van der Waals surface area contributed by atoms with E-state index < -0.39 is 12.0 Å². The summed E-state index contributed by atoms with van der Waals surface area (Å²) in [5.74, 6) is -0.352. The highest BCUT2D eigenvalue weighted by atomic mass is 16.2. The number of anilines is 2. The van der Waals surface area contributed by atoms with Gasteiger partial charge in [0.25, 0.3) is 0 Å². The van der Waals surface area contributed by atoms with Crippen LogP contribution in [0.3, 0.4) is 0 Å². The van der Waals surface area contributed by atoms with Crippen molar-refractivity contribution in [1.82, 2.24) is 4.98 Å². The monoisotopic (exact) mass is 333 g/mol. The van der Waals surface area contributed by atoms with E-state index in [1.54, 1.807) is 24.2 Å². The van der Waals surface area contributed by atoms with Gasteiger partial charge in [-0.15, -0.1) is 0 Å². The first-order chi connectivity index (χ1) is 12.2. The molecule has 1 aromatic carbocycles. The molecule has 0 saturated heterocycles. The number of para-hydroxylation sites is 2. The molecule has 1 aliphatic carbocycles. The Morgan fingerprint density at radius 2 is 2.08 bits per heavy atom. The summed E-state index contributed by atoms with van der Waals surface area (Å²) in [6, 6.07) is 11.1. The van der Waals surface area contributed by atoms with Crippen LogP contribution in [-0.2, 0) is 9.59 Å². The molecule has 0 bridgehead atoms. The molecule has 1 N–H and O–H groups in total. The Morgan fingerprint density at radius 3 is 2.84 bits per heavy atom. The number of carbonyl (C=O) groups excluding carboxylic acids is 2. The Labute approximate surface area is 146 Å². The van der Waals surface area contributed by atoms with Crippen LogP contribution in [0.5, 0.6) is 0 Å². The van der Waals surface area contributed by atoms with Gasteiger partial charge in [0.15, 0.2) is 0 Å². The first kappa shape index (κ1) is 15.6. The number of nitrogens with zero attached hydrogens (tertiary/aromatic N) is 2. The minimum absolute atomic E-state index is 0.0947. The van der Waals surface area contributed by atoms with Gasteiger partial charge in [-0.25, -0.2) is 0 Å². The fraction of sp³-hybridized carbons (Fsp3) is 0.250. The lowest BCUT2D eigenvalue weighted by molar-refractivity contribution is -0.123. The number of fused-ring (bicyclic) bond motifs is 2. The van der Waals surface area contributed by atoms with Crippen LogP contribution < -0.4 is 10.2 Å². The Hall–Kier alpha value is -2.95. The summed E-state index contributed by atoms with van der Waals surface area (Å²) in [5, 5.41) is 3.40. The van der Waals surface area contributed by atoms with E-state index in [4.69, 9.17) is 0 Å². The molecule has 2 aromatic rings. The number of benzene rings is 1. The molecule has 5 nitrogen and oxygen atoms in total. The number of nitrogens with one attached hydrogen (secondary N) is 1. The number of rotatable bonds is 1. The molecule has 4 rings (SSSR count). The zero-order chi connectivity index (χ0) is 17.4. The van der Waals surface area contributed by atoms with Gasteiger partial charge < -0.3 is 10.2 Å². The van der Waals surface area contributed by atoms with Crippen LogP contribution in [0, 0.1) is 5.92 Å². The van der Waals surface area contributed by atoms with E-state index in [0.717, 1.165) is 29.1 Å². The molecule has 126 valence electrons. The predicted octanol–water partition coefficient (Wildman–Crippen LogP) is 3.46. The van der Waals surface area contributed by atoms with Gasteiger partial charge in [0.05, 0.1) is 23.3 Å². The quantitative estimate of drug-likeness (QED) is 0.868. The molecule has 2 aliphatic rings. The van der Waals surface area contributed by atoms with Crippen molar-refractivity contribution in [3.05, 3.63) is 66.1 Å². The molecule has 1 amide bonds. The second kappa shape index (κ2) is 6.16. The molecule has 0 saturated carbocycles. The summed E-state index contributed by atoms with van der Waals surface area (Å²) in [4.78, 5) is 31.4. The van der Waals surface area contributed by atoms with Crippen molar-refractivity contribution in [2.45, 2.75) is 25.8 Å². The molecule has 1 aromatic heterocycles. The van der Waals surface area contributed by atoms with Gasteiger partial charge in [0, 0.05) is 31.4 Å². The number of Topliss-reactive ketones (excluding diaryl/α,β-unsaturated/α-hetero) is 1. The summed E-state index contributed by atoms with van der Waals surface area (Å²) in [5.41, 5.74) is 3.37. The number of aromatic nitrogens is 1. The number of ketones is 1. The third kappa shape index (κ3) is 2.61. The van der Waals surface area contributed by atoms with E-state index >= 15 is 0 Å². The van der Waals surface area contributed by atoms with Crippen LogP contribution in [0.4, 0.5) is 11.4 Å². The van der Waals surface area contributed by atoms with Gasteiger partial charge in [-0.3, -0.25) is 14.6 Å². The highest BCUT2D eigenvalue weighted by Gasteiger charge is 2.42. The number of hydrogen-bond acceptors (Lipinski definition) is 4. The van der Waals surface area contributed by atoms with E-state index in [9.17, 15) is 9.59 Å². The maximum Gasteiger partial charge on any atom is 0.224 e. The number of pyridine rings is 1. The average Bonchev–Trinajstić information content (AvgIpc) is 2.77. The van der Waals surface area contributed by atoms with Gasteiger partial charge in [0.1, 0.15) is 5.78 Å². The van der Waals surface area contributed by atoms with Crippen LogP contribution in [0.2, 0.25) is 0 Å². The van der Waals surface area contributed by atoms with E-state index in [0.29, 0.717) is 6.42 Å². The molecule has 2 atom stereocenters. The van der Waals surface area contributed by atoms with E-state index in [1.165, 1.54) is 0 Å². The van der Waals surface area contributed by atoms with Gasteiger partial charge >= 0.3 is 0 Å². The van der Waals surface area contributed by atoms with Crippen molar-refractivity contribution in [2.24, 2.45) is 5.92 Å². The molecular formula is C20H19N3O2. The lowest BCUT2D eigenvalue weighted by Crippen LogP contribution is -2.41. The fourth-order valence-electron chi connectivity index (χ4n) is 3.80. The highest BCUT2D eigenvalue weighted by Crippen LogP contribution is 2.45. The number of carbonyl (C=O) groups is 2.